The molecule has 0 aliphatic rings. The van der Waals surface area contributed by atoms with Crippen LogP contribution in [0.2, 0.25) is 5.28 Å². The van der Waals surface area contributed by atoms with E-state index in [9.17, 15) is 8.78 Å². The number of fused-ring (bicyclic) bond motifs is 1. The molecule has 0 fully saturated rings. The van der Waals surface area contributed by atoms with E-state index < -0.39 is 5.92 Å². The van der Waals surface area contributed by atoms with Gasteiger partial charge in [0.2, 0.25) is 11.2 Å². The maximum Gasteiger partial charge on any atom is 0.270 e. The number of hydrogen-bond donors (Lipinski definition) is 0. The summed E-state index contributed by atoms with van der Waals surface area (Å²) in [5.41, 5.74) is 2.91. The second kappa shape index (κ2) is 10.3. The number of benzene rings is 2. The van der Waals surface area contributed by atoms with Crippen molar-refractivity contribution in [3.63, 3.8) is 0 Å². The summed E-state index contributed by atoms with van der Waals surface area (Å²) in [7, 11) is 1.51. The first-order valence-electron chi connectivity index (χ1n) is 11.3. The van der Waals surface area contributed by atoms with Crippen LogP contribution in [-0.4, -0.2) is 26.9 Å². The smallest absolute Gasteiger partial charge is 0.270 e. The lowest BCUT2D eigenvalue weighted by Crippen LogP contribution is -2.19. The quantitative estimate of drug-likeness (QED) is 0.243. The second-order valence-electron chi connectivity index (χ2n) is 8.77. The van der Waals surface area contributed by atoms with E-state index in [1.807, 2.05) is 44.2 Å². The normalized spacial score (nSPS) is 12.9. The number of hydrogen-bond acceptors (Lipinski definition) is 5. The molecular weight excluding hydrogens is 474 g/mol. The van der Waals surface area contributed by atoms with Crippen LogP contribution >= 0.6 is 11.6 Å². The third-order valence-corrected chi connectivity index (χ3v) is 5.93. The largest absolute Gasteiger partial charge is 0.480 e. The van der Waals surface area contributed by atoms with Crippen LogP contribution in [-0.2, 0) is 23.9 Å². The zero-order valence-corrected chi connectivity index (χ0v) is 20.8. The Labute approximate surface area is 207 Å². The highest BCUT2D eigenvalue weighted by Crippen LogP contribution is 2.35. The number of halogens is 3. The highest BCUT2D eigenvalue weighted by molar-refractivity contribution is 6.28. The molecule has 2 aromatic carbocycles. The number of alkyl halides is 2. The maximum absolute atomic E-state index is 13.8. The zero-order chi connectivity index (χ0) is 25.2. The molecule has 4 rings (SSSR count). The Morgan fingerprint density at radius 2 is 1.69 bits per heavy atom. The predicted molar refractivity (Wildman–Crippen MR) is 131 cm³/mol. The summed E-state index contributed by atoms with van der Waals surface area (Å²) in [6.45, 7) is 5.56. The van der Waals surface area contributed by atoms with Gasteiger partial charge in [-0.15, -0.1) is 0 Å². The molecule has 6 nitrogen and oxygen atoms in total. The van der Waals surface area contributed by atoms with Crippen LogP contribution in [0.5, 0.6) is 5.88 Å². The molecule has 9 heteroatoms. The summed E-state index contributed by atoms with van der Waals surface area (Å²) in [4.78, 5) is 8.67. The van der Waals surface area contributed by atoms with Gasteiger partial charge in [0, 0.05) is 12.5 Å². The van der Waals surface area contributed by atoms with Gasteiger partial charge in [-0.1, -0.05) is 68.4 Å². The molecule has 0 aliphatic heterocycles. The molecule has 1 unspecified atom stereocenters. The molecule has 1 atom stereocenters. The topological polar surface area (TPSA) is 62.1 Å². The molecule has 0 saturated heterocycles. The number of methoxy groups -OCH3 is 1. The van der Waals surface area contributed by atoms with E-state index in [4.69, 9.17) is 26.2 Å². The van der Waals surface area contributed by atoms with Crippen LogP contribution in [0, 0.1) is 5.92 Å². The van der Waals surface area contributed by atoms with Gasteiger partial charge in [-0.05, 0) is 28.6 Å². The van der Waals surface area contributed by atoms with Crippen molar-refractivity contribution in [3.8, 4) is 5.88 Å². The molecule has 4 aromatic rings. The number of ether oxygens (including phenoxy) is 2. The molecular formula is C26H27ClF2N4O2. The van der Waals surface area contributed by atoms with Crippen molar-refractivity contribution in [1.29, 1.82) is 0 Å². The molecule has 184 valence electrons. The SMILES string of the molecule is COc1nc(Cl)nc2c1c(COCc1ccccc1)nn2C(c1ccc(C(C)(F)F)cc1)C(C)C. The van der Waals surface area contributed by atoms with E-state index in [0.29, 0.717) is 29.2 Å². The van der Waals surface area contributed by atoms with Gasteiger partial charge in [0.15, 0.2) is 5.65 Å². The van der Waals surface area contributed by atoms with Crippen molar-refractivity contribution in [2.45, 2.75) is 45.9 Å². The number of aromatic nitrogens is 4. The summed E-state index contributed by atoms with van der Waals surface area (Å²) < 4.78 is 40.8. The minimum Gasteiger partial charge on any atom is -0.480 e. The van der Waals surface area contributed by atoms with Gasteiger partial charge in [0.25, 0.3) is 5.92 Å². The fourth-order valence-corrected chi connectivity index (χ4v) is 4.27. The molecule has 0 aliphatic carbocycles. The fraction of sp³-hybridized carbons (Fsp3) is 0.346. The summed E-state index contributed by atoms with van der Waals surface area (Å²) in [6.07, 6.45) is 0. The molecule has 0 saturated carbocycles. The van der Waals surface area contributed by atoms with E-state index in [2.05, 4.69) is 9.97 Å². The van der Waals surface area contributed by atoms with Crippen molar-refractivity contribution < 1.29 is 18.3 Å². The van der Waals surface area contributed by atoms with Gasteiger partial charge in [-0.3, -0.25) is 0 Å². The van der Waals surface area contributed by atoms with Crippen LogP contribution in [0.3, 0.4) is 0 Å². The van der Waals surface area contributed by atoms with E-state index in [1.165, 1.54) is 19.2 Å². The summed E-state index contributed by atoms with van der Waals surface area (Å²) in [6, 6.07) is 15.8. The van der Waals surface area contributed by atoms with Crippen LogP contribution < -0.4 is 4.74 Å². The first-order valence-corrected chi connectivity index (χ1v) is 11.7. The van der Waals surface area contributed by atoms with E-state index in [-0.39, 0.29) is 29.4 Å². The van der Waals surface area contributed by atoms with Gasteiger partial charge in [-0.2, -0.15) is 15.1 Å². The van der Waals surface area contributed by atoms with Crippen LogP contribution in [0.25, 0.3) is 11.0 Å². The van der Waals surface area contributed by atoms with Crippen LogP contribution in [0.15, 0.2) is 54.6 Å². The first kappa shape index (κ1) is 25.0. The summed E-state index contributed by atoms with van der Waals surface area (Å²) in [5, 5.41) is 5.47. The van der Waals surface area contributed by atoms with Gasteiger partial charge in [0.1, 0.15) is 11.1 Å². The average Bonchev–Trinajstić information content (AvgIpc) is 3.16. The summed E-state index contributed by atoms with van der Waals surface area (Å²) in [5.74, 6) is -2.56. The molecule has 0 amide bonds. The fourth-order valence-electron chi connectivity index (χ4n) is 4.11. The van der Waals surface area contributed by atoms with Crippen molar-refractivity contribution in [2.75, 3.05) is 7.11 Å². The Balaban J connectivity index is 1.77. The average molecular weight is 501 g/mol. The molecule has 2 heterocycles. The molecule has 0 N–H and O–H groups in total. The highest BCUT2D eigenvalue weighted by atomic mass is 35.5. The summed E-state index contributed by atoms with van der Waals surface area (Å²) >= 11 is 6.21. The van der Waals surface area contributed by atoms with Crippen molar-refractivity contribution >= 4 is 22.6 Å². The molecule has 0 bridgehead atoms. The van der Waals surface area contributed by atoms with Gasteiger partial charge in [-0.25, -0.2) is 13.5 Å². The minimum absolute atomic E-state index is 0.0238. The van der Waals surface area contributed by atoms with E-state index in [1.54, 1.807) is 16.8 Å². The molecule has 35 heavy (non-hydrogen) atoms. The standard InChI is InChI=1S/C26H27ClF2N4O2/c1-16(2)22(18-10-12-19(13-11-18)26(3,28)29)33-23-21(24(34-4)31-25(27)30-23)20(32-33)15-35-14-17-8-6-5-7-9-17/h5-13,16,22H,14-15H2,1-4H3. The Kier molecular flexibility index (Phi) is 7.33. The van der Waals surface area contributed by atoms with Crippen molar-refractivity contribution in [3.05, 3.63) is 82.3 Å². The van der Waals surface area contributed by atoms with Gasteiger partial charge in [0.05, 0.1) is 26.4 Å². The maximum atomic E-state index is 13.8. The predicted octanol–water partition coefficient (Wildman–Crippen LogP) is 6.56. The molecule has 0 radical (unpaired) electrons. The Morgan fingerprint density at radius 3 is 2.29 bits per heavy atom. The monoisotopic (exact) mass is 500 g/mol. The Bertz CT molecular complexity index is 1290. The number of nitrogens with zero attached hydrogens (tertiary/aromatic N) is 4. The van der Waals surface area contributed by atoms with Crippen LogP contribution in [0.1, 0.15) is 49.2 Å². The van der Waals surface area contributed by atoms with Crippen molar-refractivity contribution in [2.24, 2.45) is 5.92 Å². The minimum atomic E-state index is -2.92. The molecule has 0 spiro atoms. The third-order valence-electron chi connectivity index (χ3n) is 5.76. The van der Waals surface area contributed by atoms with E-state index >= 15 is 0 Å². The van der Waals surface area contributed by atoms with Crippen LogP contribution in [0.4, 0.5) is 8.78 Å². The Morgan fingerprint density at radius 1 is 1.00 bits per heavy atom. The van der Waals surface area contributed by atoms with Crippen molar-refractivity contribution in [1.82, 2.24) is 19.7 Å². The van der Waals surface area contributed by atoms with Gasteiger partial charge < -0.3 is 9.47 Å². The highest BCUT2D eigenvalue weighted by Gasteiger charge is 2.28. The van der Waals surface area contributed by atoms with Gasteiger partial charge >= 0.3 is 0 Å². The van der Waals surface area contributed by atoms with E-state index in [0.717, 1.165) is 18.1 Å². The number of rotatable bonds is 9. The molecule has 2 aromatic heterocycles. The third kappa shape index (κ3) is 5.44. The Hall–Kier alpha value is -3.10. The lowest BCUT2D eigenvalue weighted by molar-refractivity contribution is 0.0174. The zero-order valence-electron chi connectivity index (χ0n) is 20.0. The lowest BCUT2D eigenvalue weighted by Gasteiger charge is -2.23. The lowest BCUT2D eigenvalue weighted by atomic mass is 9.94. The first-order chi connectivity index (χ1) is 16.7. The second-order valence-corrected chi connectivity index (χ2v) is 9.11.